The first-order valence-electron chi connectivity index (χ1n) is 4.77. The summed E-state index contributed by atoms with van der Waals surface area (Å²) in [4.78, 5) is 2.42. The van der Waals surface area contributed by atoms with E-state index in [0.29, 0.717) is 12.0 Å². The molecule has 1 heterocycles. The van der Waals surface area contributed by atoms with Gasteiger partial charge in [0.25, 0.3) is 0 Å². The lowest BCUT2D eigenvalue weighted by Crippen LogP contribution is -2.51. The summed E-state index contributed by atoms with van der Waals surface area (Å²) in [5.41, 5.74) is 1.29. The zero-order chi connectivity index (χ0) is 9.14. The van der Waals surface area contributed by atoms with E-state index in [-0.39, 0.29) is 0 Å². The minimum atomic E-state index is 0.588. The first kappa shape index (κ1) is 9.59. The highest BCUT2D eigenvalue weighted by atomic mass is 15.2. The lowest BCUT2D eigenvalue weighted by atomic mass is 9.98. The minimum absolute atomic E-state index is 0.588. The van der Waals surface area contributed by atoms with Crippen molar-refractivity contribution in [2.45, 2.75) is 26.3 Å². The molecule has 0 aromatic heterocycles. The molecule has 1 aliphatic heterocycles. The zero-order valence-corrected chi connectivity index (χ0v) is 8.43. The molecular weight excluding hydrogens is 148 g/mol. The Morgan fingerprint density at radius 1 is 1.67 bits per heavy atom. The SMILES string of the molecule is C=C(C(C)C)N1CCC1CNC. The summed E-state index contributed by atoms with van der Waals surface area (Å²) in [5, 5.41) is 3.21. The monoisotopic (exact) mass is 168 g/mol. The molecule has 1 saturated heterocycles. The standard InChI is InChI=1S/C10H20N2/c1-8(2)9(3)12-6-5-10(12)7-11-4/h8,10-11H,3,5-7H2,1-2,4H3. The fourth-order valence-electron chi connectivity index (χ4n) is 1.60. The summed E-state index contributed by atoms with van der Waals surface area (Å²) >= 11 is 0. The van der Waals surface area contributed by atoms with Gasteiger partial charge < -0.3 is 10.2 Å². The van der Waals surface area contributed by atoms with Crippen LogP contribution in [0.5, 0.6) is 0 Å². The fourth-order valence-corrected chi connectivity index (χ4v) is 1.60. The highest BCUT2D eigenvalue weighted by Gasteiger charge is 2.28. The van der Waals surface area contributed by atoms with Crippen molar-refractivity contribution in [1.29, 1.82) is 0 Å². The smallest absolute Gasteiger partial charge is 0.0428 e. The van der Waals surface area contributed by atoms with Gasteiger partial charge in [0.15, 0.2) is 0 Å². The van der Waals surface area contributed by atoms with Crippen LogP contribution in [0, 0.1) is 5.92 Å². The number of allylic oxidation sites excluding steroid dienone is 1. The van der Waals surface area contributed by atoms with E-state index in [4.69, 9.17) is 0 Å². The van der Waals surface area contributed by atoms with Gasteiger partial charge in [-0.1, -0.05) is 20.4 Å². The predicted molar refractivity (Wildman–Crippen MR) is 53.0 cm³/mol. The third kappa shape index (κ3) is 1.81. The van der Waals surface area contributed by atoms with Crippen LogP contribution in [0.2, 0.25) is 0 Å². The van der Waals surface area contributed by atoms with Gasteiger partial charge in [-0.05, 0) is 19.4 Å². The van der Waals surface area contributed by atoms with Crippen LogP contribution in [0.4, 0.5) is 0 Å². The number of nitrogens with zero attached hydrogens (tertiary/aromatic N) is 1. The summed E-state index contributed by atoms with van der Waals surface area (Å²) in [6, 6.07) is 0.699. The summed E-state index contributed by atoms with van der Waals surface area (Å²) in [6.45, 7) is 10.8. The number of nitrogens with one attached hydrogen (secondary N) is 1. The molecule has 0 aliphatic carbocycles. The van der Waals surface area contributed by atoms with Gasteiger partial charge in [-0.25, -0.2) is 0 Å². The van der Waals surface area contributed by atoms with Crippen molar-refractivity contribution in [2.75, 3.05) is 20.1 Å². The minimum Gasteiger partial charge on any atom is -0.371 e. The maximum Gasteiger partial charge on any atom is 0.0428 e. The number of likely N-dealkylation sites (tertiary alicyclic amines) is 1. The van der Waals surface area contributed by atoms with Crippen LogP contribution in [0.1, 0.15) is 20.3 Å². The van der Waals surface area contributed by atoms with Crippen LogP contribution in [-0.2, 0) is 0 Å². The molecule has 2 nitrogen and oxygen atoms in total. The van der Waals surface area contributed by atoms with Crippen LogP contribution >= 0.6 is 0 Å². The Morgan fingerprint density at radius 3 is 2.67 bits per heavy atom. The third-order valence-electron chi connectivity index (χ3n) is 2.62. The van der Waals surface area contributed by atoms with E-state index in [1.54, 1.807) is 0 Å². The second kappa shape index (κ2) is 3.94. The Hall–Kier alpha value is -0.500. The molecule has 1 fully saturated rings. The molecule has 12 heavy (non-hydrogen) atoms. The van der Waals surface area contributed by atoms with E-state index >= 15 is 0 Å². The lowest BCUT2D eigenvalue weighted by Gasteiger charge is -2.45. The van der Waals surface area contributed by atoms with Gasteiger partial charge in [0.05, 0.1) is 0 Å². The van der Waals surface area contributed by atoms with E-state index in [9.17, 15) is 0 Å². The number of hydrogen-bond acceptors (Lipinski definition) is 2. The second-order valence-corrected chi connectivity index (χ2v) is 3.84. The number of rotatable bonds is 4. The highest BCUT2D eigenvalue weighted by Crippen LogP contribution is 2.25. The molecular formula is C10H20N2. The topological polar surface area (TPSA) is 15.3 Å². The molecule has 1 atom stereocenters. The average molecular weight is 168 g/mol. The van der Waals surface area contributed by atoms with E-state index < -0.39 is 0 Å². The number of hydrogen-bond donors (Lipinski definition) is 1. The summed E-state index contributed by atoms with van der Waals surface area (Å²) in [6.07, 6.45) is 1.31. The maximum absolute atomic E-state index is 4.11. The van der Waals surface area contributed by atoms with Gasteiger partial charge in [0.1, 0.15) is 0 Å². The molecule has 1 aliphatic rings. The Bertz CT molecular complexity index is 163. The average Bonchev–Trinajstić information content (AvgIpc) is 1.98. The normalized spacial score (nSPS) is 22.7. The highest BCUT2D eigenvalue weighted by molar-refractivity contribution is 5.04. The fraction of sp³-hybridized carbons (Fsp3) is 0.800. The van der Waals surface area contributed by atoms with E-state index in [1.807, 2.05) is 7.05 Å². The molecule has 1 unspecified atom stereocenters. The van der Waals surface area contributed by atoms with E-state index in [0.717, 1.165) is 6.54 Å². The van der Waals surface area contributed by atoms with Gasteiger partial charge in [-0.15, -0.1) is 0 Å². The third-order valence-corrected chi connectivity index (χ3v) is 2.62. The van der Waals surface area contributed by atoms with Crippen molar-refractivity contribution < 1.29 is 0 Å². The first-order chi connectivity index (χ1) is 5.66. The van der Waals surface area contributed by atoms with Crippen molar-refractivity contribution in [1.82, 2.24) is 10.2 Å². The molecule has 1 rings (SSSR count). The Labute approximate surface area is 75.6 Å². The van der Waals surface area contributed by atoms with Gasteiger partial charge in [-0.2, -0.15) is 0 Å². The van der Waals surface area contributed by atoms with Crippen molar-refractivity contribution >= 4 is 0 Å². The van der Waals surface area contributed by atoms with Crippen LogP contribution in [0.15, 0.2) is 12.3 Å². The molecule has 0 aromatic carbocycles. The van der Waals surface area contributed by atoms with Crippen LogP contribution in [-0.4, -0.2) is 31.1 Å². The van der Waals surface area contributed by atoms with Gasteiger partial charge in [0, 0.05) is 24.8 Å². The van der Waals surface area contributed by atoms with Crippen LogP contribution in [0.25, 0.3) is 0 Å². The Kier molecular flexibility index (Phi) is 3.15. The van der Waals surface area contributed by atoms with E-state index in [2.05, 4.69) is 30.6 Å². The van der Waals surface area contributed by atoms with Crippen molar-refractivity contribution in [3.05, 3.63) is 12.3 Å². The lowest BCUT2D eigenvalue weighted by molar-refractivity contribution is 0.123. The molecule has 0 amide bonds. The quantitative estimate of drug-likeness (QED) is 0.683. The summed E-state index contributed by atoms with van der Waals surface area (Å²) < 4.78 is 0. The molecule has 1 N–H and O–H groups in total. The van der Waals surface area contributed by atoms with Crippen molar-refractivity contribution in [3.63, 3.8) is 0 Å². The van der Waals surface area contributed by atoms with Crippen molar-refractivity contribution in [2.24, 2.45) is 5.92 Å². The molecule has 2 heteroatoms. The van der Waals surface area contributed by atoms with Gasteiger partial charge >= 0.3 is 0 Å². The Balaban J connectivity index is 2.38. The first-order valence-corrected chi connectivity index (χ1v) is 4.77. The van der Waals surface area contributed by atoms with Crippen LogP contribution in [0.3, 0.4) is 0 Å². The number of likely N-dealkylation sites (N-methyl/N-ethyl adjacent to an activating group) is 1. The largest absolute Gasteiger partial charge is 0.371 e. The molecule has 70 valence electrons. The van der Waals surface area contributed by atoms with Crippen LogP contribution < -0.4 is 5.32 Å². The Morgan fingerprint density at radius 2 is 2.33 bits per heavy atom. The summed E-state index contributed by atoms with van der Waals surface area (Å²) in [5.74, 6) is 0.588. The maximum atomic E-state index is 4.11. The molecule has 0 aromatic rings. The second-order valence-electron chi connectivity index (χ2n) is 3.84. The summed E-state index contributed by atoms with van der Waals surface area (Å²) in [7, 11) is 2.01. The molecule has 0 radical (unpaired) electrons. The van der Waals surface area contributed by atoms with Gasteiger partial charge in [-0.3, -0.25) is 0 Å². The predicted octanol–water partition coefficient (Wildman–Crippen LogP) is 1.45. The zero-order valence-electron chi connectivity index (χ0n) is 8.43. The van der Waals surface area contributed by atoms with Crippen molar-refractivity contribution in [3.8, 4) is 0 Å². The molecule has 0 saturated carbocycles. The van der Waals surface area contributed by atoms with Gasteiger partial charge in [0.2, 0.25) is 0 Å². The molecule has 0 bridgehead atoms. The van der Waals surface area contributed by atoms with E-state index in [1.165, 1.54) is 18.7 Å². The molecule has 0 spiro atoms.